The van der Waals surface area contributed by atoms with Crippen LogP contribution >= 0.6 is 0 Å². The van der Waals surface area contributed by atoms with Crippen molar-refractivity contribution < 1.29 is 9.90 Å². The van der Waals surface area contributed by atoms with Crippen LogP contribution in [0.4, 0.5) is 0 Å². The minimum Gasteiger partial charge on any atom is -0.375 e. The molecule has 1 aromatic carbocycles. The van der Waals surface area contributed by atoms with Gasteiger partial charge in [0.05, 0.1) is 6.54 Å². The number of likely N-dealkylation sites (tertiary alicyclic amines) is 1. The topological polar surface area (TPSA) is 52.6 Å². The first-order chi connectivity index (χ1) is 15.2. The number of amides is 1. The highest BCUT2D eigenvalue weighted by molar-refractivity contribution is 5.87. The van der Waals surface area contributed by atoms with Gasteiger partial charge in [-0.15, -0.1) is 5.92 Å². The van der Waals surface area contributed by atoms with Crippen LogP contribution in [0.15, 0.2) is 30.3 Å². The Morgan fingerprint density at radius 1 is 0.968 bits per heavy atom. The van der Waals surface area contributed by atoms with Crippen LogP contribution in [0.1, 0.15) is 76.2 Å². The Hall–Kier alpha value is -1.83. The fraction of sp³-hybridized carbons (Fsp3) is 0.667. The minimum absolute atomic E-state index is 0.00475. The number of carbonyl (C=O) groups is 1. The number of carbonyl (C=O) groups excluding carboxylic acids is 1. The second-order valence-corrected chi connectivity index (χ2v) is 9.85. The van der Waals surface area contributed by atoms with Gasteiger partial charge in [-0.25, -0.2) is 0 Å². The van der Waals surface area contributed by atoms with Gasteiger partial charge >= 0.3 is 0 Å². The van der Waals surface area contributed by atoms with Gasteiger partial charge in [0.1, 0.15) is 0 Å². The molecule has 1 atom stereocenters. The SMILES string of the molecule is O=C(NC1CCN(CC#CCC2CCCC2)CC1)C(O)(c1ccccc1)C1CCCC1. The zero-order chi connectivity index (χ0) is 21.5. The van der Waals surface area contributed by atoms with Crippen LogP contribution in [0.2, 0.25) is 0 Å². The zero-order valence-electron chi connectivity index (χ0n) is 18.8. The van der Waals surface area contributed by atoms with Crippen molar-refractivity contribution in [3.8, 4) is 11.8 Å². The summed E-state index contributed by atoms with van der Waals surface area (Å²) >= 11 is 0. The van der Waals surface area contributed by atoms with Crippen LogP contribution in [0.25, 0.3) is 0 Å². The van der Waals surface area contributed by atoms with Gasteiger partial charge in [0.2, 0.25) is 0 Å². The second-order valence-electron chi connectivity index (χ2n) is 9.85. The molecular weight excluding hydrogens is 384 g/mol. The van der Waals surface area contributed by atoms with E-state index in [2.05, 4.69) is 22.1 Å². The first kappa shape index (κ1) is 22.4. The standard InChI is InChI=1S/C27H38N2O2/c30-26(27(31,24-15-6-7-16-24)23-13-2-1-3-14-23)28-25-17-20-29(21-18-25)19-9-8-12-22-10-4-5-11-22/h1-3,13-14,22,24-25,31H,4-7,10-12,15-21H2,(H,28,30). The van der Waals surface area contributed by atoms with Crippen LogP contribution in [-0.4, -0.2) is 41.6 Å². The molecule has 0 aromatic heterocycles. The third-order valence-electron chi connectivity index (χ3n) is 7.72. The fourth-order valence-electron chi connectivity index (χ4n) is 5.72. The molecule has 31 heavy (non-hydrogen) atoms. The molecular formula is C27H38N2O2. The van der Waals surface area contributed by atoms with Gasteiger partial charge < -0.3 is 10.4 Å². The van der Waals surface area contributed by atoms with Crippen molar-refractivity contribution in [2.45, 2.75) is 82.3 Å². The van der Waals surface area contributed by atoms with E-state index in [4.69, 9.17) is 0 Å². The molecule has 2 N–H and O–H groups in total. The summed E-state index contributed by atoms with van der Waals surface area (Å²) < 4.78 is 0. The molecule has 4 heteroatoms. The van der Waals surface area contributed by atoms with E-state index in [1.165, 1.54) is 25.7 Å². The third-order valence-corrected chi connectivity index (χ3v) is 7.72. The number of nitrogens with zero attached hydrogens (tertiary/aromatic N) is 1. The lowest BCUT2D eigenvalue weighted by Crippen LogP contribution is -2.54. The number of benzene rings is 1. The molecule has 1 aromatic rings. The van der Waals surface area contributed by atoms with Crippen molar-refractivity contribution in [2.75, 3.05) is 19.6 Å². The molecule has 0 bridgehead atoms. The number of nitrogens with one attached hydrogen (secondary N) is 1. The summed E-state index contributed by atoms with van der Waals surface area (Å²) in [7, 11) is 0. The van der Waals surface area contributed by atoms with E-state index in [0.29, 0.717) is 0 Å². The molecule has 2 saturated carbocycles. The van der Waals surface area contributed by atoms with Gasteiger partial charge in [-0.1, -0.05) is 61.9 Å². The summed E-state index contributed by atoms with van der Waals surface area (Å²) in [4.78, 5) is 15.7. The smallest absolute Gasteiger partial charge is 0.257 e. The summed E-state index contributed by atoms with van der Waals surface area (Å²) in [5, 5.41) is 14.8. The van der Waals surface area contributed by atoms with Crippen molar-refractivity contribution in [1.29, 1.82) is 0 Å². The third kappa shape index (κ3) is 5.51. The average molecular weight is 423 g/mol. The lowest BCUT2D eigenvalue weighted by molar-refractivity contribution is -0.148. The molecule has 168 valence electrons. The Balaban J connectivity index is 1.28. The van der Waals surface area contributed by atoms with Crippen molar-refractivity contribution in [3.63, 3.8) is 0 Å². The molecule has 3 fully saturated rings. The van der Waals surface area contributed by atoms with E-state index in [1.54, 1.807) is 0 Å². The number of hydrogen-bond acceptors (Lipinski definition) is 3. The van der Waals surface area contributed by atoms with Gasteiger partial charge in [-0.2, -0.15) is 0 Å². The zero-order valence-corrected chi connectivity index (χ0v) is 18.8. The molecule has 4 rings (SSSR count). The molecule has 1 heterocycles. The Labute approximate surface area is 187 Å². The quantitative estimate of drug-likeness (QED) is 0.675. The van der Waals surface area contributed by atoms with E-state index in [1.807, 2.05) is 30.3 Å². The van der Waals surface area contributed by atoms with Crippen LogP contribution in [-0.2, 0) is 10.4 Å². The predicted octanol–water partition coefficient (Wildman–Crippen LogP) is 4.23. The number of piperidine rings is 1. The predicted molar refractivity (Wildman–Crippen MR) is 124 cm³/mol. The van der Waals surface area contributed by atoms with Crippen LogP contribution in [0.5, 0.6) is 0 Å². The summed E-state index contributed by atoms with van der Waals surface area (Å²) in [5.41, 5.74) is -0.685. The summed E-state index contributed by atoms with van der Waals surface area (Å²) in [5.74, 6) is 7.39. The first-order valence-corrected chi connectivity index (χ1v) is 12.4. The highest BCUT2D eigenvalue weighted by atomic mass is 16.3. The van der Waals surface area contributed by atoms with Crippen molar-refractivity contribution >= 4 is 5.91 Å². The molecule has 1 aliphatic heterocycles. The van der Waals surface area contributed by atoms with Gasteiger partial charge in [0.15, 0.2) is 5.60 Å². The van der Waals surface area contributed by atoms with E-state index >= 15 is 0 Å². The first-order valence-electron chi connectivity index (χ1n) is 12.4. The number of aliphatic hydroxyl groups is 1. The molecule has 3 aliphatic rings. The Morgan fingerprint density at radius 2 is 1.61 bits per heavy atom. The maximum atomic E-state index is 13.3. The Kier molecular flexibility index (Phi) is 7.69. The van der Waals surface area contributed by atoms with Gasteiger partial charge in [0, 0.05) is 31.5 Å². The summed E-state index contributed by atoms with van der Waals surface area (Å²) in [6, 6.07) is 9.67. The normalized spacial score (nSPS) is 23.3. The minimum atomic E-state index is -1.42. The van der Waals surface area contributed by atoms with E-state index in [-0.39, 0.29) is 17.9 Å². The number of rotatable bonds is 6. The van der Waals surface area contributed by atoms with Crippen LogP contribution in [0.3, 0.4) is 0 Å². The van der Waals surface area contributed by atoms with Gasteiger partial charge in [0.25, 0.3) is 5.91 Å². The van der Waals surface area contributed by atoms with E-state index < -0.39 is 5.60 Å². The summed E-state index contributed by atoms with van der Waals surface area (Å²) in [6.07, 6.45) is 12.4. The van der Waals surface area contributed by atoms with Crippen molar-refractivity contribution in [2.24, 2.45) is 11.8 Å². The molecule has 1 amide bonds. The van der Waals surface area contributed by atoms with Gasteiger partial charge in [-0.05, 0) is 50.0 Å². The van der Waals surface area contributed by atoms with E-state index in [0.717, 1.165) is 76.1 Å². The average Bonchev–Trinajstić information content (AvgIpc) is 3.52. The highest BCUT2D eigenvalue weighted by Gasteiger charge is 2.46. The molecule has 0 spiro atoms. The van der Waals surface area contributed by atoms with Crippen LogP contribution in [0, 0.1) is 23.7 Å². The highest BCUT2D eigenvalue weighted by Crippen LogP contribution is 2.41. The van der Waals surface area contributed by atoms with Crippen molar-refractivity contribution in [3.05, 3.63) is 35.9 Å². The molecule has 0 radical (unpaired) electrons. The maximum Gasteiger partial charge on any atom is 0.257 e. The lowest BCUT2D eigenvalue weighted by Gasteiger charge is -2.37. The maximum absolute atomic E-state index is 13.3. The van der Waals surface area contributed by atoms with E-state index in [9.17, 15) is 9.90 Å². The Morgan fingerprint density at radius 3 is 2.29 bits per heavy atom. The molecule has 4 nitrogen and oxygen atoms in total. The lowest BCUT2D eigenvalue weighted by atomic mass is 9.79. The molecule has 1 unspecified atom stereocenters. The molecule has 1 saturated heterocycles. The number of hydrogen-bond donors (Lipinski definition) is 2. The van der Waals surface area contributed by atoms with Gasteiger partial charge in [-0.3, -0.25) is 9.69 Å². The molecule has 2 aliphatic carbocycles. The summed E-state index contributed by atoms with van der Waals surface area (Å²) in [6.45, 7) is 2.75. The van der Waals surface area contributed by atoms with Crippen molar-refractivity contribution in [1.82, 2.24) is 10.2 Å². The monoisotopic (exact) mass is 422 g/mol. The fourth-order valence-corrected chi connectivity index (χ4v) is 5.72. The second kappa shape index (κ2) is 10.7. The van der Waals surface area contributed by atoms with Crippen LogP contribution < -0.4 is 5.32 Å². The Bertz CT molecular complexity index is 763. The largest absolute Gasteiger partial charge is 0.375 e.